The van der Waals surface area contributed by atoms with Crippen molar-refractivity contribution in [3.05, 3.63) is 0 Å². The van der Waals surface area contributed by atoms with Gasteiger partial charge in [-0.15, -0.1) is 0 Å². The summed E-state index contributed by atoms with van der Waals surface area (Å²) >= 11 is 0. The summed E-state index contributed by atoms with van der Waals surface area (Å²) in [4.78, 5) is 0. The van der Waals surface area contributed by atoms with Gasteiger partial charge in [-0.1, -0.05) is 168 Å². The molecule has 1 nitrogen and oxygen atoms in total. The second kappa shape index (κ2) is 28.0. The maximum absolute atomic E-state index is 9.67. The summed E-state index contributed by atoms with van der Waals surface area (Å²) in [5, 5.41) is 9.67. The van der Waals surface area contributed by atoms with Crippen LogP contribution in [0.25, 0.3) is 0 Å². The molecule has 0 aliphatic carbocycles. The molecule has 0 heterocycles. The van der Waals surface area contributed by atoms with Gasteiger partial charge >= 0.3 is 0 Å². The van der Waals surface area contributed by atoms with Crippen LogP contribution in [0.15, 0.2) is 0 Å². The standard InChI is InChI=1S/C30H62O/c1-3-5-7-9-11-13-15-16-17-18-20-22-24-26-28-30(29-31)27-25-23-21-19-14-12-10-8-6-4-2/h30-31H,3-29H2,1-2H3. The molecule has 0 spiro atoms. The van der Waals surface area contributed by atoms with Crippen LogP contribution in [-0.4, -0.2) is 11.7 Å². The Morgan fingerprint density at radius 2 is 0.581 bits per heavy atom. The quantitative estimate of drug-likeness (QED) is 0.126. The Morgan fingerprint density at radius 3 is 0.806 bits per heavy atom. The van der Waals surface area contributed by atoms with Gasteiger partial charge in [-0.05, 0) is 18.8 Å². The number of aliphatic hydroxyl groups excluding tert-OH is 1. The zero-order valence-corrected chi connectivity index (χ0v) is 22.1. The summed E-state index contributed by atoms with van der Waals surface area (Å²) in [5.41, 5.74) is 0. The van der Waals surface area contributed by atoms with Crippen molar-refractivity contribution in [1.29, 1.82) is 0 Å². The van der Waals surface area contributed by atoms with Crippen molar-refractivity contribution in [3.63, 3.8) is 0 Å². The normalized spacial score (nSPS) is 12.5. The largest absolute Gasteiger partial charge is 0.396 e. The van der Waals surface area contributed by atoms with Gasteiger partial charge in [0.15, 0.2) is 0 Å². The van der Waals surface area contributed by atoms with Crippen molar-refractivity contribution < 1.29 is 5.11 Å². The van der Waals surface area contributed by atoms with E-state index < -0.39 is 0 Å². The molecule has 0 amide bonds. The van der Waals surface area contributed by atoms with Gasteiger partial charge in [-0.2, -0.15) is 0 Å². The maximum atomic E-state index is 9.67. The Morgan fingerprint density at radius 1 is 0.355 bits per heavy atom. The summed E-state index contributed by atoms with van der Waals surface area (Å²) in [7, 11) is 0. The molecule has 31 heavy (non-hydrogen) atoms. The number of hydrogen-bond donors (Lipinski definition) is 1. The molecule has 188 valence electrons. The first kappa shape index (κ1) is 31.0. The van der Waals surface area contributed by atoms with Crippen LogP contribution < -0.4 is 0 Å². The van der Waals surface area contributed by atoms with Crippen molar-refractivity contribution in [3.8, 4) is 0 Å². The van der Waals surface area contributed by atoms with Crippen molar-refractivity contribution in [2.75, 3.05) is 6.61 Å². The molecule has 0 bridgehead atoms. The minimum absolute atomic E-state index is 0.413. The molecule has 0 aliphatic heterocycles. The van der Waals surface area contributed by atoms with Gasteiger partial charge in [0.2, 0.25) is 0 Å². The zero-order chi connectivity index (χ0) is 22.7. The monoisotopic (exact) mass is 438 g/mol. The second-order valence-electron chi connectivity index (χ2n) is 10.4. The Kier molecular flexibility index (Phi) is 28.0. The van der Waals surface area contributed by atoms with Crippen LogP contribution >= 0.6 is 0 Å². The molecule has 1 N–H and O–H groups in total. The third-order valence-electron chi connectivity index (χ3n) is 7.19. The second-order valence-corrected chi connectivity index (χ2v) is 10.4. The molecule has 0 aliphatic rings. The van der Waals surface area contributed by atoms with E-state index in [0.717, 1.165) is 0 Å². The van der Waals surface area contributed by atoms with E-state index >= 15 is 0 Å². The van der Waals surface area contributed by atoms with Gasteiger partial charge in [0.1, 0.15) is 0 Å². The predicted molar refractivity (Wildman–Crippen MR) is 142 cm³/mol. The first-order chi connectivity index (χ1) is 15.3. The topological polar surface area (TPSA) is 20.2 Å². The number of hydrogen-bond acceptors (Lipinski definition) is 1. The highest BCUT2D eigenvalue weighted by molar-refractivity contribution is 4.60. The molecular formula is C30H62O. The molecule has 0 aromatic carbocycles. The Hall–Kier alpha value is -0.0400. The molecule has 1 atom stereocenters. The summed E-state index contributed by atoms with van der Waals surface area (Å²) < 4.78 is 0. The van der Waals surface area contributed by atoms with Crippen LogP contribution in [-0.2, 0) is 0 Å². The van der Waals surface area contributed by atoms with Gasteiger partial charge in [-0.25, -0.2) is 0 Å². The lowest BCUT2D eigenvalue weighted by Gasteiger charge is -2.13. The van der Waals surface area contributed by atoms with Crippen LogP contribution in [0.2, 0.25) is 0 Å². The molecule has 0 aromatic rings. The van der Waals surface area contributed by atoms with E-state index in [1.54, 1.807) is 0 Å². The Bertz CT molecular complexity index is 301. The molecule has 0 radical (unpaired) electrons. The van der Waals surface area contributed by atoms with Crippen molar-refractivity contribution in [1.82, 2.24) is 0 Å². The third kappa shape index (κ3) is 26.1. The fourth-order valence-electron chi connectivity index (χ4n) is 4.87. The fraction of sp³-hybridized carbons (Fsp3) is 1.00. The Labute approximate surface area is 198 Å². The minimum atomic E-state index is 0.413. The van der Waals surface area contributed by atoms with E-state index in [0.29, 0.717) is 12.5 Å². The van der Waals surface area contributed by atoms with E-state index in [1.807, 2.05) is 0 Å². The Balaban J connectivity index is 3.26. The SMILES string of the molecule is CCCCCCCCCCCCCCCCC(CO)CCCCCCCCCCCC. The van der Waals surface area contributed by atoms with E-state index in [1.165, 1.54) is 167 Å². The highest BCUT2D eigenvalue weighted by Crippen LogP contribution is 2.19. The summed E-state index contributed by atoms with van der Waals surface area (Å²) in [6.07, 6.45) is 36.6. The third-order valence-corrected chi connectivity index (χ3v) is 7.19. The predicted octanol–water partition coefficient (Wildman–Crippen LogP) is 10.8. The highest BCUT2D eigenvalue weighted by atomic mass is 16.3. The molecule has 0 rings (SSSR count). The van der Waals surface area contributed by atoms with Crippen LogP contribution in [0, 0.1) is 5.92 Å². The van der Waals surface area contributed by atoms with E-state index in [2.05, 4.69) is 13.8 Å². The summed E-state index contributed by atoms with van der Waals surface area (Å²) in [6, 6.07) is 0. The van der Waals surface area contributed by atoms with Crippen LogP contribution in [0.3, 0.4) is 0 Å². The lowest BCUT2D eigenvalue weighted by molar-refractivity contribution is 0.204. The van der Waals surface area contributed by atoms with Gasteiger partial charge in [0.25, 0.3) is 0 Å². The molecule has 1 heteroatoms. The van der Waals surface area contributed by atoms with Crippen molar-refractivity contribution in [2.45, 2.75) is 181 Å². The number of aliphatic hydroxyl groups is 1. The first-order valence-corrected chi connectivity index (χ1v) is 15.0. The molecular weight excluding hydrogens is 376 g/mol. The molecule has 1 unspecified atom stereocenters. The molecule has 0 aromatic heterocycles. The van der Waals surface area contributed by atoms with Gasteiger partial charge in [0.05, 0.1) is 0 Å². The lowest BCUT2D eigenvalue weighted by Crippen LogP contribution is -2.06. The van der Waals surface area contributed by atoms with Crippen LogP contribution in [0.1, 0.15) is 181 Å². The fourth-order valence-corrected chi connectivity index (χ4v) is 4.87. The number of rotatable bonds is 27. The highest BCUT2D eigenvalue weighted by Gasteiger charge is 2.07. The first-order valence-electron chi connectivity index (χ1n) is 15.0. The van der Waals surface area contributed by atoms with E-state index in [4.69, 9.17) is 0 Å². The van der Waals surface area contributed by atoms with Gasteiger partial charge in [0, 0.05) is 6.61 Å². The van der Waals surface area contributed by atoms with Crippen molar-refractivity contribution >= 4 is 0 Å². The van der Waals surface area contributed by atoms with Crippen molar-refractivity contribution in [2.24, 2.45) is 5.92 Å². The average Bonchev–Trinajstić information content (AvgIpc) is 2.79. The molecule has 0 saturated heterocycles. The lowest BCUT2D eigenvalue weighted by atomic mass is 9.94. The van der Waals surface area contributed by atoms with Gasteiger partial charge in [-0.3, -0.25) is 0 Å². The smallest absolute Gasteiger partial charge is 0.0459 e. The average molecular weight is 439 g/mol. The van der Waals surface area contributed by atoms with Crippen LogP contribution in [0.5, 0.6) is 0 Å². The summed E-state index contributed by atoms with van der Waals surface area (Å²) in [6.45, 7) is 5.00. The van der Waals surface area contributed by atoms with Crippen LogP contribution in [0.4, 0.5) is 0 Å². The maximum Gasteiger partial charge on any atom is 0.0459 e. The van der Waals surface area contributed by atoms with Gasteiger partial charge < -0.3 is 5.11 Å². The van der Waals surface area contributed by atoms with E-state index in [9.17, 15) is 5.11 Å². The zero-order valence-electron chi connectivity index (χ0n) is 22.1. The van der Waals surface area contributed by atoms with E-state index in [-0.39, 0.29) is 0 Å². The molecule has 0 saturated carbocycles. The number of unbranched alkanes of at least 4 members (excludes halogenated alkanes) is 22. The minimum Gasteiger partial charge on any atom is -0.396 e. The molecule has 0 fully saturated rings. The summed E-state index contributed by atoms with van der Waals surface area (Å²) in [5.74, 6) is 0.575.